The standard InChI is InChI=1S/C13H26N4/c1-7-17(9-10(2)3)13-12(8-14-5)11(4)15-16(13)6/h10,14H,7-9H2,1-6H3. The molecule has 0 saturated heterocycles. The molecular formula is C13H26N4. The van der Waals surface area contributed by atoms with E-state index in [9.17, 15) is 0 Å². The van der Waals surface area contributed by atoms with Gasteiger partial charge in [-0.3, -0.25) is 4.68 Å². The molecule has 1 aromatic heterocycles. The summed E-state index contributed by atoms with van der Waals surface area (Å²) in [7, 11) is 4.01. The Labute approximate surface area is 105 Å². The van der Waals surface area contributed by atoms with Crippen LogP contribution in [-0.4, -0.2) is 29.9 Å². The summed E-state index contributed by atoms with van der Waals surface area (Å²) in [6.07, 6.45) is 0. The SMILES string of the molecule is CCN(CC(C)C)c1c(CNC)c(C)nn1C. The molecule has 4 nitrogen and oxygen atoms in total. The van der Waals surface area contributed by atoms with Gasteiger partial charge in [0.1, 0.15) is 5.82 Å². The van der Waals surface area contributed by atoms with E-state index in [0.717, 1.165) is 25.3 Å². The van der Waals surface area contributed by atoms with Crippen LogP contribution in [-0.2, 0) is 13.6 Å². The van der Waals surface area contributed by atoms with Gasteiger partial charge in [-0.2, -0.15) is 5.10 Å². The van der Waals surface area contributed by atoms with E-state index in [-0.39, 0.29) is 0 Å². The topological polar surface area (TPSA) is 33.1 Å². The van der Waals surface area contributed by atoms with Crippen molar-refractivity contribution in [3.63, 3.8) is 0 Å². The highest BCUT2D eigenvalue weighted by Crippen LogP contribution is 2.23. The minimum atomic E-state index is 0.660. The third-order valence-electron chi connectivity index (χ3n) is 2.93. The molecule has 0 aromatic carbocycles. The molecular weight excluding hydrogens is 212 g/mol. The van der Waals surface area contributed by atoms with Crippen LogP contribution in [0.5, 0.6) is 0 Å². The largest absolute Gasteiger partial charge is 0.357 e. The molecule has 0 atom stereocenters. The molecule has 4 heteroatoms. The first-order valence-corrected chi connectivity index (χ1v) is 6.43. The summed E-state index contributed by atoms with van der Waals surface area (Å²) in [4.78, 5) is 2.41. The Balaban J connectivity index is 3.08. The minimum Gasteiger partial charge on any atom is -0.357 e. The zero-order valence-electron chi connectivity index (χ0n) is 12.0. The second kappa shape index (κ2) is 6.05. The minimum absolute atomic E-state index is 0.660. The van der Waals surface area contributed by atoms with E-state index >= 15 is 0 Å². The molecule has 1 heterocycles. The Morgan fingerprint density at radius 3 is 2.53 bits per heavy atom. The van der Waals surface area contributed by atoms with Gasteiger partial charge in [0.25, 0.3) is 0 Å². The molecule has 98 valence electrons. The highest BCUT2D eigenvalue weighted by molar-refractivity contribution is 5.50. The molecule has 0 saturated carbocycles. The van der Waals surface area contributed by atoms with Crippen molar-refractivity contribution in [2.75, 3.05) is 25.0 Å². The maximum atomic E-state index is 4.54. The summed E-state index contributed by atoms with van der Waals surface area (Å²) >= 11 is 0. The van der Waals surface area contributed by atoms with E-state index in [1.54, 1.807) is 0 Å². The highest BCUT2D eigenvalue weighted by atomic mass is 15.4. The Hall–Kier alpha value is -1.03. The van der Waals surface area contributed by atoms with E-state index in [1.807, 2.05) is 18.8 Å². The third kappa shape index (κ3) is 3.22. The maximum Gasteiger partial charge on any atom is 0.131 e. The summed E-state index contributed by atoms with van der Waals surface area (Å²) < 4.78 is 2.01. The van der Waals surface area contributed by atoms with Gasteiger partial charge in [-0.25, -0.2) is 0 Å². The number of aromatic nitrogens is 2. The van der Waals surface area contributed by atoms with E-state index in [4.69, 9.17) is 0 Å². The lowest BCUT2D eigenvalue weighted by Crippen LogP contribution is -2.30. The number of hydrogen-bond acceptors (Lipinski definition) is 3. The van der Waals surface area contributed by atoms with Crippen molar-refractivity contribution in [2.24, 2.45) is 13.0 Å². The van der Waals surface area contributed by atoms with Crippen LogP contribution < -0.4 is 10.2 Å². The van der Waals surface area contributed by atoms with Crippen LogP contribution in [0.2, 0.25) is 0 Å². The Morgan fingerprint density at radius 2 is 2.06 bits per heavy atom. The molecule has 1 rings (SSSR count). The maximum absolute atomic E-state index is 4.54. The van der Waals surface area contributed by atoms with Gasteiger partial charge in [0.15, 0.2) is 0 Å². The molecule has 0 fully saturated rings. The zero-order valence-corrected chi connectivity index (χ0v) is 12.0. The van der Waals surface area contributed by atoms with Crippen molar-refractivity contribution >= 4 is 5.82 Å². The van der Waals surface area contributed by atoms with E-state index in [1.165, 1.54) is 11.4 Å². The van der Waals surface area contributed by atoms with Gasteiger partial charge in [0, 0.05) is 32.2 Å². The number of nitrogens with one attached hydrogen (secondary N) is 1. The molecule has 0 radical (unpaired) electrons. The van der Waals surface area contributed by atoms with Gasteiger partial charge in [-0.05, 0) is 26.8 Å². The van der Waals surface area contributed by atoms with Crippen molar-refractivity contribution in [1.82, 2.24) is 15.1 Å². The van der Waals surface area contributed by atoms with Gasteiger partial charge >= 0.3 is 0 Å². The molecule has 0 aliphatic rings. The molecule has 0 unspecified atom stereocenters. The Morgan fingerprint density at radius 1 is 1.41 bits per heavy atom. The van der Waals surface area contributed by atoms with Crippen molar-refractivity contribution in [3.05, 3.63) is 11.3 Å². The molecule has 1 aromatic rings. The first kappa shape index (κ1) is 14.0. The first-order chi connectivity index (χ1) is 8.01. The van der Waals surface area contributed by atoms with Crippen LogP contribution in [0.3, 0.4) is 0 Å². The van der Waals surface area contributed by atoms with Crippen LogP contribution in [0.25, 0.3) is 0 Å². The number of hydrogen-bond donors (Lipinski definition) is 1. The lowest BCUT2D eigenvalue weighted by Gasteiger charge is -2.26. The van der Waals surface area contributed by atoms with Crippen LogP contribution in [0.4, 0.5) is 5.82 Å². The van der Waals surface area contributed by atoms with Gasteiger partial charge in [-0.15, -0.1) is 0 Å². The quantitative estimate of drug-likeness (QED) is 0.822. The molecule has 0 amide bonds. The fraction of sp³-hybridized carbons (Fsp3) is 0.769. The average molecular weight is 238 g/mol. The van der Waals surface area contributed by atoms with Gasteiger partial charge in [0.2, 0.25) is 0 Å². The van der Waals surface area contributed by atoms with E-state index < -0.39 is 0 Å². The second-order valence-electron chi connectivity index (χ2n) is 4.97. The summed E-state index contributed by atoms with van der Waals surface area (Å²) in [6, 6.07) is 0. The van der Waals surface area contributed by atoms with Crippen molar-refractivity contribution in [1.29, 1.82) is 0 Å². The number of nitrogens with zero attached hydrogens (tertiary/aromatic N) is 3. The molecule has 0 aliphatic heterocycles. The normalized spacial score (nSPS) is 11.2. The molecule has 17 heavy (non-hydrogen) atoms. The molecule has 0 aliphatic carbocycles. The van der Waals surface area contributed by atoms with Gasteiger partial charge < -0.3 is 10.2 Å². The Kier molecular flexibility index (Phi) is 5.00. The molecule has 0 bridgehead atoms. The highest BCUT2D eigenvalue weighted by Gasteiger charge is 2.18. The van der Waals surface area contributed by atoms with Crippen LogP contribution in [0.15, 0.2) is 0 Å². The lowest BCUT2D eigenvalue weighted by molar-refractivity contribution is 0.597. The predicted molar refractivity (Wildman–Crippen MR) is 73.4 cm³/mol. The number of aryl methyl sites for hydroxylation is 2. The van der Waals surface area contributed by atoms with Crippen LogP contribution in [0, 0.1) is 12.8 Å². The number of anilines is 1. The van der Waals surface area contributed by atoms with Crippen molar-refractivity contribution < 1.29 is 0 Å². The smallest absolute Gasteiger partial charge is 0.131 e. The predicted octanol–water partition coefficient (Wildman–Crippen LogP) is 1.93. The molecule has 0 spiro atoms. The first-order valence-electron chi connectivity index (χ1n) is 6.43. The summed E-state index contributed by atoms with van der Waals surface area (Å²) in [5, 5.41) is 7.77. The molecule has 1 N–H and O–H groups in total. The summed E-state index contributed by atoms with van der Waals surface area (Å²) in [5.74, 6) is 1.92. The van der Waals surface area contributed by atoms with E-state index in [2.05, 4.69) is 43.0 Å². The monoisotopic (exact) mass is 238 g/mol. The van der Waals surface area contributed by atoms with Crippen LogP contribution in [0.1, 0.15) is 32.0 Å². The fourth-order valence-electron chi connectivity index (χ4n) is 2.28. The third-order valence-corrected chi connectivity index (χ3v) is 2.93. The summed E-state index contributed by atoms with van der Waals surface area (Å²) in [6.45, 7) is 11.8. The lowest BCUT2D eigenvalue weighted by atomic mass is 10.1. The van der Waals surface area contributed by atoms with Crippen molar-refractivity contribution in [3.8, 4) is 0 Å². The average Bonchev–Trinajstić information content (AvgIpc) is 2.51. The van der Waals surface area contributed by atoms with Crippen molar-refractivity contribution in [2.45, 2.75) is 34.2 Å². The zero-order chi connectivity index (χ0) is 13.0. The van der Waals surface area contributed by atoms with E-state index in [0.29, 0.717) is 5.92 Å². The second-order valence-corrected chi connectivity index (χ2v) is 4.97. The van der Waals surface area contributed by atoms with Gasteiger partial charge in [-0.1, -0.05) is 13.8 Å². The number of rotatable bonds is 6. The Bertz CT molecular complexity index is 355. The summed E-state index contributed by atoms with van der Waals surface area (Å²) in [5.41, 5.74) is 2.44. The van der Waals surface area contributed by atoms with Gasteiger partial charge in [0.05, 0.1) is 5.69 Å². The van der Waals surface area contributed by atoms with Crippen LogP contribution >= 0.6 is 0 Å². The fourth-order valence-corrected chi connectivity index (χ4v) is 2.28.